The molecule has 0 amide bonds. The number of rotatable bonds is 6. The summed E-state index contributed by atoms with van der Waals surface area (Å²) in [4.78, 5) is 0. The van der Waals surface area contributed by atoms with E-state index in [1.54, 1.807) is 4.31 Å². The highest BCUT2D eigenvalue weighted by Gasteiger charge is 2.37. The van der Waals surface area contributed by atoms with Crippen LogP contribution in [0.25, 0.3) is 0 Å². The zero-order valence-corrected chi connectivity index (χ0v) is 12.6. The summed E-state index contributed by atoms with van der Waals surface area (Å²) in [5, 5.41) is 0. The third kappa shape index (κ3) is 3.23. The first-order valence-corrected chi connectivity index (χ1v) is 8.37. The fourth-order valence-electron chi connectivity index (χ4n) is 2.70. The Balaban J connectivity index is 2.87. The molecule has 2 N–H and O–H groups in total. The highest BCUT2D eigenvalue weighted by atomic mass is 32.2. The minimum Gasteiger partial charge on any atom is -0.329 e. The van der Waals surface area contributed by atoms with Crippen molar-refractivity contribution >= 4 is 10.2 Å². The van der Waals surface area contributed by atoms with Crippen molar-refractivity contribution in [1.29, 1.82) is 0 Å². The molecule has 2 atom stereocenters. The van der Waals surface area contributed by atoms with Gasteiger partial charge in [-0.05, 0) is 18.8 Å². The van der Waals surface area contributed by atoms with Crippen LogP contribution in [0.4, 0.5) is 0 Å². The van der Waals surface area contributed by atoms with Crippen molar-refractivity contribution < 1.29 is 8.42 Å². The van der Waals surface area contributed by atoms with Crippen molar-refractivity contribution in [2.75, 3.05) is 26.2 Å². The third-order valence-electron chi connectivity index (χ3n) is 3.95. The van der Waals surface area contributed by atoms with E-state index in [1.807, 2.05) is 13.8 Å². The summed E-state index contributed by atoms with van der Waals surface area (Å²) in [6, 6.07) is -0.0331. The average Bonchev–Trinajstić information content (AvgIpc) is 2.38. The normalized spacial score (nSPS) is 26.7. The first-order chi connectivity index (χ1) is 8.51. The molecule has 0 aromatic heterocycles. The van der Waals surface area contributed by atoms with Crippen molar-refractivity contribution in [1.82, 2.24) is 8.61 Å². The molecule has 6 heteroatoms. The van der Waals surface area contributed by atoms with Crippen LogP contribution in [0.5, 0.6) is 0 Å². The molecule has 1 aliphatic rings. The van der Waals surface area contributed by atoms with Gasteiger partial charge in [0.2, 0.25) is 0 Å². The summed E-state index contributed by atoms with van der Waals surface area (Å²) in [5.41, 5.74) is 5.77. The molecule has 108 valence electrons. The molecule has 1 rings (SSSR count). The van der Waals surface area contributed by atoms with Gasteiger partial charge in [0.05, 0.1) is 0 Å². The molecule has 0 saturated carbocycles. The van der Waals surface area contributed by atoms with Crippen LogP contribution in [0.3, 0.4) is 0 Å². The summed E-state index contributed by atoms with van der Waals surface area (Å²) >= 11 is 0. The molecule has 0 radical (unpaired) electrons. The predicted octanol–water partition coefficient (Wildman–Crippen LogP) is 1.02. The van der Waals surface area contributed by atoms with E-state index >= 15 is 0 Å². The standard InChI is InChI=1S/C12H27N3O2S/c1-4-11-7-8-15(12(9-11)10-13)18(16,17)14(5-2)6-3/h11-12H,4-10,13H2,1-3H3. The molecule has 5 nitrogen and oxygen atoms in total. The maximum absolute atomic E-state index is 12.5. The maximum Gasteiger partial charge on any atom is 0.282 e. The Morgan fingerprint density at radius 2 is 1.89 bits per heavy atom. The smallest absolute Gasteiger partial charge is 0.282 e. The molecule has 1 aliphatic heterocycles. The molecular formula is C12H27N3O2S. The van der Waals surface area contributed by atoms with Gasteiger partial charge in [-0.1, -0.05) is 27.2 Å². The van der Waals surface area contributed by atoms with Gasteiger partial charge in [-0.3, -0.25) is 0 Å². The van der Waals surface area contributed by atoms with E-state index < -0.39 is 10.2 Å². The zero-order valence-electron chi connectivity index (χ0n) is 11.8. The lowest BCUT2D eigenvalue weighted by molar-refractivity contribution is 0.186. The summed E-state index contributed by atoms with van der Waals surface area (Å²) in [6.45, 7) is 7.96. The highest BCUT2D eigenvalue weighted by Crippen LogP contribution is 2.28. The van der Waals surface area contributed by atoms with Gasteiger partial charge >= 0.3 is 0 Å². The van der Waals surface area contributed by atoms with Gasteiger partial charge in [-0.25, -0.2) is 0 Å². The quantitative estimate of drug-likeness (QED) is 0.788. The molecule has 1 saturated heterocycles. The lowest BCUT2D eigenvalue weighted by Crippen LogP contribution is -2.54. The molecule has 1 heterocycles. The van der Waals surface area contributed by atoms with E-state index in [9.17, 15) is 8.42 Å². The van der Waals surface area contributed by atoms with Crippen LogP contribution < -0.4 is 5.73 Å². The molecule has 18 heavy (non-hydrogen) atoms. The van der Waals surface area contributed by atoms with Crippen LogP contribution in [0.1, 0.15) is 40.0 Å². The Morgan fingerprint density at radius 1 is 1.28 bits per heavy atom. The molecule has 0 aromatic carbocycles. The van der Waals surface area contributed by atoms with E-state index in [1.165, 1.54) is 4.31 Å². The molecule has 1 fully saturated rings. The van der Waals surface area contributed by atoms with Crippen LogP contribution in [0.15, 0.2) is 0 Å². The van der Waals surface area contributed by atoms with E-state index in [-0.39, 0.29) is 6.04 Å². The third-order valence-corrected chi connectivity index (χ3v) is 6.19. The fraction of sp³-hybridized carbons (Fsp3) is 1.00. The molecule has 0 spiro atoms. The minimum absolute atomic E-state index is 0.0331. The summed E-state index contributed by atoms with van der Waals surface area (Å²) in [6.07, 6.45) is 2.96. The van der Waals surface area contributed by atoms with Gasteiger partial charge < -0.3 is 5.73 Å². The van der Waals surface area contributed by atoms with Crippen LogP contribution in [-0.2, 0) is 10.2 Å². The predicted molar refractivity (Wildman–Crippen MR) is 74.4 cm³/mol. The summed E-state index contributed by atoms with van der Waals surface area (Å²) in [5.74, 6) is 0.613. The second-order valence-electron chi connectivity index (χ2n) is 4.89. The lowest BCUT2D eigenvalue weighted by Gasteiger charge is -2.39. The summed E-state index contributed by atoms with van der Waals surface area (Å²) in [7, 11) is -3.33. The van der Waals surface area contributed by atoms with Crippen LogP contribution in [0, 0.1) is 5.92 Å². The van der Waals surface area contributed by atoms with Gasteiger partial charge in [0.25, 0.3) is 10.2 Å². The highest BCUT2D eigenvalue weighted by molar-refractivity contribution is 7.86. The van der Waals surface area contributed by atoms with Crippen molar-refractivity contribution in [2.24, 2.45) is 11.7 Å². The van der Waals surface area contributed by atoms with Gasteiger partial charge in [0.1, 0.15) is 0 Å². The topological polar surface area (TPSA) is 66.6 Å². The second kappa shape index (κ2) is 6.84. The van der Waals surface area contributed by atoms with Gasteiger partial charge in [-0.2, -0.15) is 17.0 Å². The molecular weight excluding hydrogens is 250 g/mol. The van der Waals surface area contributed by atoms with E-state index in [0.717, 1.165) is 19.3 Å². The minimum atomic E-state index is -3.33. The van der Waals surface area contributed by atoms with E-state index in [2.05, 4.69) is 6.92 Å². The average molecular weight is 277 g/mol. The van der Waals surface area contributed by atoms with Crippen LogP contribution in [-0.4, -0.2) is 49.2 Å². The number of nitrogens with two attached hydrogens (primary N) is 1. The van der Waals surface area contributed by atoms with Crippen molar-refractivity contribution in [2.45, 2.75) is 46.1 Å². The molecule has 0 bridgehead atoms. The van der Waals surface area contributed by atoms with E-state index in [0.29, 0.717) is 32.1 Å². The van der Waals surface area contributed by atoms with Gasteiger partial charge in [-0.15, -0.1) is 0 Å². The van der Waals surface area contributed by atoms with Crippen molar-refractivity contribution in [3.63, 3.8) is 0 Å². The Labute approximate surface area is 112 Å². The number of hydrogen-bond donors (Lipinski definition) is 1. The summed E-state index contributed by atoms with van der Waals surface area (Å²) < 4.78 is 28.1. The first-order valence-electron chi connectivity index (χ1n) is 6.98. The molecule has 2 unspecified atom stereocenters. The van der Waals surface area contributed by atoms with Crippen molar-refractivity contribution in [3.05, 3.63) is 0 Å². The fourth-order valence-corrected chi connectivity index (χ4v) is 4.53. The second-order valence-corrected chi connectivity index (χ2v) is 6.77. The van der Waals surface area contributed by atoms with Crippen LogP contribution >= 0.6 is 0 Å². The van der Waals surface area contributed by atoms with Crippen LogP contribution in [0.2, 0.25) is 0 Å². The Morgan fingerprint density at radius 3 is 2.33 bits per heavy atom. The number of piperidine rings is 1. The van der Waals surface area contributed by atoms with Gasteiger partial charge in [0, 0.05) is 32.2 Å². The monoisotopic (exact) mass is 277 g/mol. The maximum atomic E-state index is 12.5. The Bertz CT molecular complexity index is 341. The Hall–Kier alpha value is -0.170. The SMILES string of the molecule is CCC1CCN(S(=O)(=O)N(CC)CC)C(CN)C1. The molecule has 0 aromatic rings. The molecule has 0 aliphatic carbocycles. The van der Waals surface area contributed by atoms with Crippen molar-refractivity contribution in [3.8, 4) is 0 Å². The zero-order chi connectivity index (χ0) is 13.8. The Kier molecular flexibility index (Phi) is 6.04. The van der Waals surface area contributed by atoms with E-state index in [4.69, 9.17) is 5.73 Å². The number of nitrogens with zero attached hydrogens (tertiary/aromatic N) is 2. The lowest BCUT2D eigenvalue weighted by atomic mass is 9.90. The number of hydrogen-bond acceptors (Lipinski definition) is 3. The largest absolute Gasteiger partial charge is 0.329 e. The van der Waals surface area contributed by atoms with Gasteiger partial charge in [0.15, 0.2) is 0 Å². The first kappa shape index (κ1) is 15.9.